The van der Waals surface area contributed by atoms with Crippen LogP contribution in [-0.4, -0.2) is 32.4 Å². The maximum atomic E-state index is 12.4. The van der Waals surface area contributed by atoms with E-state index in [0.717, 1.165) is 5.56 Å². The molecule has 2 rings (SSSR count). The molecule has 23 heavy (non-hydrogen) atoms. The van der Waals surface area contributed by atoms with Crippen LogP contribution in [0.2, 0.25) is 0 Å². The molecule has 1 amide bonds. The summed E-state index contributed by atoms with van der Waals surface area (Å²) in [5.74, 6) is -1.77. The van der Waals surface area contributed by atoms with Crippen molar-refractivity contribution in [3.63, 3.8) is 0 Å². The van der Waals surface area contributed by atoms with E-state index in [1.165, 1.54) is 10.6 Å². The van der Waals surface area contributed by atoms with Gasteiger partial charge in [-0.3, -0.25) is 14.0 Å². The zero-order valence-electron chi connectivity index (χ0n) is 13.2. The molecule has 0 aromatic carbocycles. The smallest absolute Gasteiger partial charge is 0.326 e. The van der Waals surface area contributed by atoms with Crippen LogP contribution in [0.15, 0.2) is 29.3 Å². The first-order chi connectivity index (χ1) is 10.8. The number of carbonyl (C=O) groups excluding carboxylic acids is 1. The average molecular weight is 317 g/mol. The topological polar surface area (TPSA) is 101 Å². The second-order valence-corrected chi connectivity index (χ2v) is 5.91. The number of carbonyl (C=O) groups is 2. The highest BCUT2D eigenvalue weighted by Crippen LogP contribution is 2.06. The van der Waals surface area contributed by atoms with Gasteiger partial charge in [0.2, 0.25) is 0 Å². The van der Waals surface area contributed by atoms with Gasteiger partial charge in [-0.25, -0.2) is 9.78 Å². The van der Waals surface area contributed by atoms with Gasteiger partial charge in [-0.2, -0.15) is 0 Å². The van der Waals surface area contributed by atoms with Gasteiger partial charge in [0.05, 0.1) is 0 Å². The van der Waals surface area contributed by atoms with E-state index in [1.807, 2.05) is 26.8 Å². The Bertz CT molecular complexity index is 811. The Morgan fingerprint density at radius 2 is 2.04 bits per heavy atom. The molecule has 2 aromatic rings. The SMILES string of the molecule is Cc1ccc2ncc(C(=O)N[C@H](CC(C)C)C(=O)O)c(=O)n2c1. The number of aromatic nitrogens is 2. The highest BCUT2D eigenvalue weighted by Gasteiger charge is 2.23. The molecule has 0 radical (unpaired) electrons. The third-order valence-corrected chi connectivity index (χ3v) is 3.41. The number of aryl methyl sites for hydroxylation is 1. The first-order valence-corrected chi connectivity index (χ1v) is 7.31. The number of nitrogens with one attached hydrogen (secondary N) is 1. The number of rotatable bonds is 5. The van der Waals surface area contributed by atoms with Gasteiger partial charge in [0.15, 0.2) is 0 Å². The van der Waals surface area contributed by atoms with Crippen LogP contribution in [-0.2, 0) is 4.79 Å². The Balaban J connectivity index is 2.35. The number of amides is 1. The van der Waals surface area contributed by atoms with Gasteiger partial charge < -0.3 is 10.4 Å². The largest absolute Gasteiger partial charge is 0.480 e. The Kier molecular flexibility index (Phi) is 4.78. The molecule has 0 bridgehead atoms. The third kappa shape index (κ3) is 3.74. The van der Waals surface area contributed by atoms with Crippen molar-refractivity contribution in [1.29, 1.82) is 0 Å². The van der Waals surface area contributed by atoms with E-state index in [0.29, 0.717) is 5.65 Å². The summed E-state index contributed by atoms with van der Waals surface area (Å²) in [5.41, 5.74) is 0.573. The molecule has 2 heterocycles. The van der Waals surface area contributed by atoms with Crippen LogP contribution in [0.4, 0.5) is 0 Å². The van der Waals surface area contributed by atoms with Crippen LogP contribution in [0.5, 0.6) is 0 Å². The molecule has 0 spiro atoms. The van der Waals surface area contributed by atoms with Crippen LogP contribution in [0.1, 0.15) is 36.2 Å². The predicted octanol–water partition coefficient (Wildman–Crippen LogP) is 1.23. The van der Waals surface area contributed by atoms with Crippen molar-refractivity contribution >= 4 is 17.5 Å². The van der Waals surface area contributed by atoms with Crippen LogP contribution < -0.4 is 10.9 Å². The van der Waals surface area contributed by atoms with Crippen molar-refractivity contribution in [1.82, 2.24) is 14.7 Å². The van der Waals surface area contributed by atoms with Crippen molar-refractivity contribution in [2.45, 2.75) is 33.2 Å². The van der Waals surface area contributed by atoms with Crippen LogP contribution in [0.25, 0.3) is 5.65 Å². The summed E-state index contributed by atoms with van der Waals surface area (Å²) in [4.78, 5) is 40.0. The number of aliphatic carboxylic acids is 1. The van der Waals surface area contributed by atoms with Gasteiger partial charge in [-0.1, -0.05) is 19.9 Å². The molecule has 7 nitrogen and oxygen atoms in total. The lowest BCUT2D eigenvalue weighted by Crippen LogP contribution is -2.43. The molecule has 2 aromatic heterocycles. The summed E-state index contributed by atoms with van der Waals surface area (Å²) in [7, 11) is 0. The van der Waals surface area contributed by atoms with E-state index in [-0.39, 0.29) is 17.9 Å². The molecule has 0 saturated carbocycles. The number of carboxylic acids is 1. The van der Waals surface area contributed by atoms with Crippen molar-refractivity contribution in [3.8, 4) is 0 Å². The first kappa shape index (κ1) is 16.7. The lowest BCUT2D eigenvalue weighted by atomic mass is 10.0. The summed E-state index contributed by atoms with van der Waals surface area (Å²) in [6, 6.07) is 2.45. The van der Waals surface area contributed by atoms with Crippen molar-refractivity contribution < 1.29 is 14.7 Å². The Labute approximate surface area is 133 Å². The molecule has 0 aliphatic rings. The van der Waals surface area contributed by atoms with E-state index in [1.54, 1.807) is 12.3 Å². The molecule has 0 unspecified atom stereocenters. The number of fused-ring (bicyclic) bond motifs is 1. The maximum absolute atomic E-state index is 12.4. The summed E-state index contributed by atoms with van der Waals surface area (Å²) in [5, 5.41) is 11.6. The minimum atomic E-state index is -1.13. The minimum Gasteiger partial charge on any atom is -0.480 e. The molecule has 0 aliphatic heterocycles. The second kappa shape index (κ2) is 6.60. The first-order valence-electron chi connectivity index (χ1n) is 7.31. The molecule has 2 N–H and O–H groups in total. The van der Waals surface area contributed by atoms with Crippen LogP contribution >= 0.6 is 0 Å². The second-order valence-electron chi connectivity index (χ2n) is 5.91. The number of nitrogens with zero attached hydrogens (tertiary/aromatic N) is 2. The molecule has 0 saturated heterocycles. The summed E-state index contributed by atoms with van der Waals surface area (Å²) < 4.78 is 1.28. The van der Waals surface area contributed by atoms with E-state index in [9.17, 15) is 19.5 Å². The normalized spacial score (nSPS) is 12.3. The van der Waals surface area contributed by atoms with E-state index in [4.69, 9.17) is 0 Å². The van der Waals surface area contributed by atoms with E-state index >= 15 is 0 Å². The zero-order valence-corrected chi connectivity index (χ0v) is 13.2. The molecule has 7 heteroatoms. The van der Waals surface area contributed by atoms with Crippen LogP contribution in [0.3, 0.4) is 0 Å². The molecular weight excluding hydrogens is 298 g/mol. The lowest BCUT2D eigenvalue weighted by molar-refractivity contribution is -0.139. The summed E-state index contributed by atoms with van der Waals surface area (Å²) >= 11 is 0. The number of hydrogen-bond donors (Lipinski definition) is 2. The molecule has 122 valence electrons. The number of hydrogen-bond acceptors (Lipinski definition) is 4. The molecular formula is C16H19N3O4. The minimum absolute atomic E-state index is 0.0925. The fourth-order valence-corrected chi connectivity index (χ4v) is 2.27. The predicted molar refractivity (Wildman–Crippen MR) is 84.5 cm³/mol. The van der Waals surface area contributed by atoms with Gasteiger partial charge in [0.1, 0.15) is 17.3 Å². The van der Waals surface area contributed by atoms with Gasteiger partial charge in [0.25, 0.3) is 11.5 Å². The Morgan fingerprint density at radius 3 is 2.65 bits per heavy atom. The quantitative estimate of drug-likeness (QED) is 0.864. The summed E-state index contributed by atoms with van der Waals surface area (Å²) in [6.45, 7) is 5.54. The van der Waals surface area contributed by atoms with E-state index < -0.39 is 23.5 Å². The number of pyridine rings is 1. The van der Waals surface area contributed by atoms with Crippen molar-refractivity contribution in [3.05, 3.63) is 46.0 Å². The van der Waals surface area contributed by atoms with Crippen molar-refractivity contribution in [2.24, 2.45) is 5.92 Å². The average Bonchev–Trinajstić information content (AvgIpc) is 2.46. The van der Waals surface area contributed by atoms with Gasteiger partial charge in [-0.05, 0) is 30.9 Å². The zero-order chi connectivity index (χ0) is 17.1. The van der Waals surface area contributed by atoms with E-state index in [2.05, 4.69) is 10.3 Å². The van der Waals surface area contributed by atoms with Crippen molar-refractivity contribution in [2.75, 3.05) is 0 Å². The highest BCUT2D eigenvalue weighted by atomic mass is 16.4. The fourth-order valence-electron chi connectivity index (χ4n) is 2.27. The monoisotopic (exact) mass is 317 g/mol. The maximum Gasteiger partial charge on any atom is 0.326 e. The Hall–Kier alpha value is -2.70. The van der Waals surface area contributed by atoms with Crippen LogP contribution in [0, 0.1) is 12.8 Å². The summed E-state index contributed by atoms with van der Waals surface area (Å²) in [6.07, 6.45) is 3.05. The standard InChI is InChI=1S/C16H19N3O4/c1-9(2)6-12(16(22)23)18-14(20)11-7-17-13-5-4-10(3)8-19(13)15(11)21/h4-5,7-9,12H,6H2,1-3H3,(H,18,20)(H,22,23)/t12-/m1/s1. The highest BCUT2D eigenvalue weighted by molar-refractivity contribution is 5.96. The fraction of sp³-hybridized carbons (Fsp3) is 0.375. The molecule has 1 atom stereocenters. The Morgan fingerprint density at radius 1 is 1.35 bits per heavy atom. The van der Waals surface area contributed by atoms with Gasteiger partial charge in [-0.15, -0.1) is 0 Å². The third-order valence-electron chi connectivity index (χ3n) is 3.41. The molecule has 0 aliphatic carbocycles. The van der Waals surface area contributed by atoms with Gasteiger partial charge in [0, 0.05) is 12.4 Å². The lowest BCUT2D eigenvalue weighted by Gasteiger charge is -2.16. The van der Waals surface area contributed by atoms with Gasteiger partial charge >= 0.3 is 5.97 Å². The number of carboxylic acid groups (broad SMARTS) is 1. The molecule has 0 fully saturated rings.